The minimum absolute atomic E-state index is 0.0730. The van der Waals surface area contributed by atoms with E-state index in [9.17, 15) is 14.4 Å². The van der Waals surface area contributed by atoms with Crippen LogP contribution >= 0.6 is 0 Å². The van der Waals surface area contributed by atoms with Gasteiger partial charge in [-0.25, -0.2) is 4.79 Å². The van der Waals surface area contributed by atoms with Gasteiger partial charge in [0.2, 0.25) is 0 Å². The van der Waals surface area contributed by atoms with E-state index in [2.05, 4.69) is 0 Å². The standard InChI is InChI=1S/C25H33NO6/c1-24(2,3)31-22(28)20(17-9-10-26(14-17)23(29)32-25(4,5)6)13-19-12-18-11-16(15-27)7-8-21(18)30-19/h7-8,11-12,15,17,20H,9-10,13-14H2,1-6H3/t17-,20-/m0/s1. The molecule has 1 saturated heterocycles. The van der Waals surface area contributed by atoms with Gasteiger partial charge < -0.3 is 18.8 Å². The number of esters is 1. The highest BCUT2D eigenvalue weighted by Crippen LogP contribution is 2.32. The van der Waals surface area contributed by atoms with E-state index in [1.54, 1.807) is 23.1 Å². The molecule has 0 radical (unpaired) electrons. The number of benzene rings is 1. The average Bonchev–Trinajstić information content (AvgIpc) is 3.29. The van der Waals surface area contributed by atoms with Crippen molar-refractivity contribution in [2.24, 2.45) is 11.8 Å². The van der Waals surface area contributed by atoms with E-state index in [1.807, 2.05) is 47.6 Å². The van der Waals surface area contributed by atoms with Crippen LogP contribution in [0.3, 0.4) is 0 Å². The second-order valence-corrected chi connectivity index (χ2v) is 10.4. The molecule has 0 unspecified atom stereocenters. The second-order valence-electron chi connectivity index (χ2n) is 10.4. The number of aldehydes is 1. The predicted molar refractivity (Wildman–Crippen MR) is 121 cm³/mol. The van der Waals surface area contributed by atoms with Crippen molar-refractivity contribution in [2.45, 2.75) is 65.6 Å². The van der Waals surface area contributed by atoms with Crippen molar-refractivity contribution < 1.29 is 28.3 Å². The van der Waals surface area contributed by atoms with Crippen molar-refractivity contribution in [1.82, 2.24) is 4.90 Å². The molecule has 1 aliphatic heterocycles. The highest BCUT2D eigenvalue weighted by atomic mass is 16.6. The molecule has 0 aliphatic carbocycles. The molecule has 0 saturated carbocycles. The number of amides is 1. The lowest BCUT2D eigenvalue weighted by molar-refractivity contribution is -0.162. The van der Waals surface area contributed by atoms with Crippen LogP contribution in [0.4, 0.5) is 4.79 Å². The fourth-order valence-corrected chi connectivity index (χ4v) is 3.94. The first kappa shape index (κ1) is 23.8. The van der Waals surface area contributed by atoms with E-state index < -0.39 is 17.1 Å². The van der Waals surface area contributed by atoms with Crippen molar-refractivity contribution in [3.05, 3.63) is 35.6 Å². The summed E-state index contributed by atoms with van der Waals surface area (Å²) in [4.78, 5) is 38.4. The number of rotatable bonds is 5. The number of carbonyl (C=O) groups is 3. The highest BCUT2D eigenvalue weighted by molar-refractivity contribution is 5.86. The Labute approximate surface area is 189 Å². The molecule has 1 aliphatic rings. The van der Waals surface area contributed by atoms with Crippen molar-refractivity contribution >= 4 is 29.3 Å². The summed E-state index contributed by atoms with van der Waals surface area (Å²) >= 11 is 0. The lowest BCUT2D eigenvalue weighted by atomic mass is 9.87. The second kappa shape index (κ2) is 8.96. The van der Waals surface area contributed by atoms with Gasteiger partial charge in [0.05, 0.1) is 5.92 Å². The summed E-state index contributed by atoms with van der Waals surface area (Å²) in [5, 5.41) is 0.814. The molecule has 1 fully saturated rings. The van der Waals surface area contributed by atoms with Crippen LogP contribution in [0.1, 0.15) is 64.1 Å². The number of hydrogen-bond donors (Lipinski definition) is 0. The van der Waals surface area contributed by atoms with Gasteiger partial charge in [-0.2, -0.15) is 0 Å². The number of furan rings is 1. The van der Waals surface area contributed by atoms with E-state index in [4.69, 9.17) is 13.9 Å². The maximum Gasteiger partial charge on any atom is 0.410 e. The summed E-state index contributed by atoms with van der Waals surface area (Å²) in [7, 11) is 0. The van der Waals surface area contributed by atoms with E-state index >= 15 is 0 Å². The molecule has 7 nitrogen and oxygen atoms in total. The van der Waals surface area contributed by atoms with Gasteiger partial charge in [-0.05, 0) is 78.1 Å². The number of ether oxygens (including phenoxy) is 2. The van der Waals surface area contributed by atoms with Crippen molar-refractivity contribution in [1.29, 1.82) is 0 Å². The minimum atomic E-state index is -0.620. The molecule has 1 aromatic carbocycles. The summed E-state index contributed by atoms with van der Waals surface area (Å²) in [6.07, 6.45) is 1.46. The monoisotopic (exact) mass is 443 g/mol. The van der Waals surface area contributed by atoms with Crippen LogP contribution in [-0.2, 0) is 20.7 Å². The number of carbonyl (C=O) groups excluding carboxylic acids is 3. The minimum Gasteiger partial charge on any atom is -0.461 e. The van der Waals surface area contributed by atoms with Gasteiger partial charge in [0.15, 0.2) is 0 Å². The zero-order chi connectivity index (χ0) is 23.7. The third-order valence-electron chi connectivity index (χ3n) is 5.30. The molecule has 0 N–H and O–H groups in total. The van der Waals surface area contributed by atoms with Gasteiger partial charge in [0.25, 0.3) is 0 Å². The Hall–Kier alpha value is -2.83. The Morgan fingerprint density at radius 1 is 1.12 bits per heavy atom. The van der Waals surface area contributed by atoms with Crippen LogP contribution in [0.5, 0.6) is 0 Å². The number of nitrogens with zero attached hydrogens (tertiary/aromatic N) is 1. The van der Waals surface area contributed by atoms with Gasteiger partial charge in [-0.3, -0.25) is 9.59 Å². The molecule has 0 spiro atoms. The zero-order valence-electron chi connectivity index (χ0n) is 19.8. The third-order valence-corrected chi connectivity index (χ3v) is 5.30. The normalized spacial score (nSPS) is 17.9. The molecule has 2 atom stereocenters. The molecule has 174 valence electrons. The summed E-state index contributed by atoms with van der Waals surface area (Å²) in [6.45, 7) is 12.0. The molecular weight excluding hydrogens is 410 g/mol. The van der Waals surface area contributed by atoms with E-state index in [0.717, 1.165) is 11.7 Å². The van der Waals surface area contributed by atoms with Crippen LogP contribution in [0.25, 0.3) is 11.0 Å². The molecule has 1 amide bonds. The first-order chi connectivity index (χ1) is 14.8. The van der Waals surface area contributed by atoms with E-state index in [1.165, 1.54) is 0 Å². The number of fused-ring (bicyclic) bond motifs is 1. The van der Waals surface area contributed by atoms with Gasteiger partial charge in [0.1, 0.15) is 28.8 Å². The average molecular weight is 444 g/mol. The molecule has 2 heterocycles. The highest BCUT2D eigenvalue weighted by Gasteiger charge is 2.39. The SMILES string of the molecule is CC(C)(C)OC(=O)[C@@H](Cc1cc2cc(C=O)ccc2o1)[C@H]1CCN(C(=O)OC(C)(C)C)C1. The smallest absolute Gasteiger partial charge is 0.410 e. The third kappa shape index (κ3) is 6.11. The Bertz CT molecular complexity index is 994. The van der Waals surface area contributed by atoms with Crippen molar-refractivity contribution in [2.75, 3.05) is 13.1 Å². The van der Waals surface area contributed by atoms with Gasteiger partial charge in [-0.15, -0.1) is 0 Å². The van der Waals surface area contributed by atoms with Gasteiger partial charge in [0, 0.05) is 30.5 Å². The first-order valence-electron chi connectivity index (χ1n) is 11.0. The topological polar surface area (TPSA) is 86.1 Å². The molecule has 32 heavy (non-hydrogen) atoms. The van der Waals surface area contributed by atoms with Crippen LogP contribution in [-0.4, -0.2) is 47.5 Å². The fourth-order valence-electron chi connectivity index (χ4n) is 3.94. The maximum atomic E-state index is 13.1. The largest absolute Gasteiger partial charge is 0.461 e. The van der Waals surface area contributed by atoms with Gasteiger partial charge in [-0.1, -0.05) is 0 Å². The van der Waals surface area contributed by atoms with E-state index in [0.29, 0.717) is 42.8 Å². The molecule has 1 aromatic heterocycles. The van der Waals surface area contributed by atoms with Crippen LogP contribution < -0.4 is 0 Å². The lowest BCUT2D eigenvalue weighted by Gasteiger charge is -2.27. The Morgan fingerprint density at radius 2 is 1.81 bits per heavy atom. The van der Waals surface area contributed by atoms with Gasteiger partial charge >= 0.3 is 12.1 Å². The van der Waals surface area contributed by atoms with E-state index in [-0.39, 0.29) is 18.0 Å². The van der Waals surface area contributed by atoms with Crippen molar-refractivity contribution in [3.63, 3.8) is 0 Å². The summed E-state index contributed by atoms with van der Waals surface area (Å²) in [5.41, 5.74) is 0.0348. The number of likely N-dealkylation sites (tertiary alicyclic amines) is 1. The molecular formula is C25H33NO6. The lowest BCUT2D eigenvalue weighted by Crippen LogP contribution is -2.38. The van der Waals surface area contributed by atoms with Crippen LogP contribution in [0, 0.1) is 11.8 Å². The predicted octanol–water partition coefficient (Wildman–Crippen LogP) is 5.00. The molecule has 3 rings (SSSR count). The summed E-state index contributed by atoms with van der Waals surface area (Å²) < 4.78 is 17.2. The Morgan fingerprint density at radius 3 is 2.44 bits per heavy atom. The molecule has 7 heteroatoms. The molecule has 2 aromatic rings. The maximum absolute atomic E-state index is 13.1. The Balaban J connectivity index is 1.81. The fraction of sp³-hybridized carbons (Fsp3) is 0.560. The quantitative estimate of drug-likeness (QED) is 0.477. The summed E-state index contributed by atoms with van der Waals surface area (Å²) in [5.74, 6) is -0.193. The Kier molecular flexibility index (Phi) is 6.67. The van der Waals surface area contributed by atoms with Crippen LogP contribution in [0.2, 0.25) is 0 Å². The van der Waals surface area contributed by atoms with Crippen molar-refractivity contribution in [3.8, 4) is 0 Å². The summed E-state index contributed by atoms with van der Waals surface area (Å²) in [6, 6.07) is 7.08. The zero-order valence-corrected chi connectivity index (χ0v) is 19.8. The number of hydrogen-bond acceptors (Lipinski definition) is 6. The van der Waals surface area contributed by atoms with Crippen LogP contribution in [0.15, 0.2) is 28.7 Å². The molecule has 0 bridgehead atoms. The first-order valence-corrected chi connectivity index (χ1v) is 11.0.